The Morgan fingerprint density at radius 2 is 1.91 bits per heavy atom. The predicted octanol–water partition coefficient (Wildman–Crippen LogP) is 2.27. The molecule has 9 nitrogen and oxygen atoms in total. The Morgan fingerprint density at radius 1 is 1.12 bits per heavy atom. The van der Waals surface area contributed by atoms with Gasteiger partial charge in [0.1, 0.15) is 5.66 Å². The highest BCUT2D eigenvalue weighted by Crippen LogP contribution is 2.29. The van der Waals surface area contributed by atoms with Crippen LogP contribution in [0.2, 0.25) is 0 Å². The fourth-order valence-electron chi connectivity index (χ4n) is 4.41. The van der Waals surface area contributed by atoms with Gasteiger partial charge in [-0.25, -0.2) is 9.79 Å². The number of rotatable bonds is 3. The number of hydrogen-bond acceptors (Lipinski definition) is 8. The lowest BCUT2D eigenvalue weighted by Crippen LogP contribution is -2.57. The Bertz CT molecular complexity index is 1310. The van der Waals surface area contributed by atoms with Crippen molar-refractivity contribution in [1.29, 1.82) is 0 Å². The number of piperazine rings is 1. The lowest BCUT2D eigenvalue weighted by atomic mass is 9.92. The highest BCUT2D eigenvalue weighted by atomic mass is 16.4. The molecule has 1 atom stereocenters. The molecule has 172 valence electrons. The zero-order valence-corrected chi connectivity index (χ0v) is 19.1. The van der Waals surface area contributed by atoms with E-state index in [-0.39, 0.29) is 0 Å². The van der Waals surface area contributed by atoms with Crippen LogP contribution in [0.3, 0.4) is 0 Å². The summed E-state index contributed by atoms with van der Waals surface area (Å²) >= 11 is 0. The molecule has 0 aliphatic carbocycles. The molecule has 5 N–H and O–H groups in total. The Hall–Kier alpha value is -3.56. The Balaban J connectivity index is 1.36. The summed E-state index contributed by atoms with van der Waals surface area (Å²) in [5, 5.41) is 6.68. The van der Waals surface area contributed by atoms with Gasteiger partial charge in [-0.3, -0.25) is 4.98 Å². The van der Waals surface area contributed by atoms with Crippen molar-refractivity contribution in [2.45, 2.75) is 19.5 Å². The molecule has 0 amide bonds. The van der Waals surface area contributed by atoms with Crippen molar-refractivity contribution in [2.24, 2.45) is 10.7 Å². The van der Waals surface area contributed by atoms with E-state index in [2.05, 4.69) is 62.6 Å². The quantitative estimate of drug-likeness (QED) is 0.487. The second kappa shape index (κ2) is 8.09. The zero-order chi connectivity index (χ0) is 23.2. The molecule has 0 spiro atoms. The van der Waals surface area contributed by atoms with Crippen LogP contribution in [0.1, 0.15) is 18.1 Å². The summed E-state index contributed by atoms with van der Waals surface area (Å²) < 4.78 is 5.11. The molecule has 1 unspecified atom stereocenters. The molecule has 3 heterocycles. The first-order chi connectivity index (χ1) is 15.8. The number of nitrogens with one attached hydrogen (secondary N) is 3. The molecule has 33 heavy (non-hydrogen) atoms. The fraction of sp³-hybridized carbons (Fsp3) is 0.333. The summed E-state index contributed by atoms with van der Waals surface area (Å²) in [6, 6.07) is 11.8. The van der Waals surface area contributed by atoms with E-state index in [4.69, 9.17) is 10.2 Å². The fourth-order valence-corrected chi connectivity index (χ4v) is 4.41. The molecule has 0 saturated carbocycles. The van der Waals surface area contributed by atoms with E-state index in [0.29, 0.717) is 17.1 Å². The molecule has 2 aliphatic heterocycles. The third-order valence-corrected chi connectivity index (χ3v) is 6.50. The highest BCUT2D eigenvalue weighted by molar-refractivity contribution is 5.96. The number of nitrogens with two attached hydrogens (primary N) is 1. The third-order valence-electron chi connectivity index (χ3n) is 6.50. The van der Waals surface area contributed by atoms with Crippen molar-refractivity contribution >= 4 is 28.4 Å². The number of aromatic amines is 1. The topological polar surface area (TPSA) is 115 Å². The van der Waals surface area contributed by atoms with Gasteiger partial charge < -0.3 is 30.6 Å². The lowest BCUT2D eigenvalue weighted by molar-refractivity contribution is 0.312. The number of H-pyrrole nitrogens is 1. The van der Waals surface area contributed by atoms with Crippen LogP contribution in [0.25, 0.3) is 11.1 Å². The van der Waals surface area contributed by atoms with Crippen LogP contribution in [0, 0.1) is 6.92 Å². The third kappa shape index (κ3) is 4.01. The molecule has 1 saturated heterocycles. The van der Waals surface area contributed by atoms with E-state index >= 15 is 0 Å². The van der Waals surface area contributed by atoms with Gasteiger partial charge in [-0.05, 0) is 67.9 Å². The van der Waals surface area contributed by atoms with Gasteiger partial charge in [0, 0.05) is 43.8 Å². The molecule has 5 rings (SSSR count). The van der Waals surface area contributed by atoms with Crippen molar-refractivity contribution in [2.75, 3.05) is 43.4 Å². The Morgan fingerprint density at radius 3 is 2.67 bits per heavy atom. The van der Waals surface area contributed by atoms with Gasteiger partial charge in [0.25, 0.3) is 0 Å². The van der Waals surface area contributed by atoms with Gasteiger partial charge in [0.05, 0.1) is 5.52 Å². The van der Waals surface area contributed by atoms with Crippen LogP contribution in [0.15, 0.2) is 62.4 Å². The minimum atomic E-state index is -0.985. The predicted molar refractivity (Wildman–Crippen MR) is 132 cm³/mol. The molecule has 2 aliphatic rings. The monoisotopic (exact) mass is 447 g/mol. The maximum Gasteiger partial charge on any atom is 0.417 e. The van der Waals surface area contributed by atoms with Gasteiger partial charge >= 0.3 is 5.76 Å². The van der Waals surface area contributed by atoms with Gasteiger partial charge in [-0.15, -0.1) is 0 Å². The van der Waals surface area contributed by atoms with Crippen LogP contribution in [-0.4, -0.2) is 49.1 Å². The van der Waals surface area contributed by atoms with E-state index < -0.39 is 11.4 Å². The minimum Gasteiger partial charge on any atom is -0.408 e. The first kappa shape index (κ1) is 21.3. The normalized spacial score (nSPS) is 21.5. The molecule has 3 aromatic rings. The summed E-state index contributed by atoms with van der Waals surface area (Å²) in [4.78, 5) is 23.5. The number of benzene rings is 2. The molecule has 9 heteroatoms. The van der Waals surface area contributed by atoms with Crippen molar-refractivity contribution in [3.8, 4) is 0 Å². The standard InChI is InChI=1S/C24H29N7O2/c1-15-12-18(5-6-20(15)31-10-8-30(3)9-11-31)27-22-26-14-16(2)24(25,29-22)17-4-7-21-19(13-17)28-23(32)33-21/h4-7,12-14H,8-11,25H2,1-3H3,(H,28,32)(H2,26,27,29). The largest absolute Gasteiger partial charge is 0.417 e. The average Bonchev–Trinajstić information content (AvgIpc) is 3.16. The van der Waals surface area contributed by atoms with Crippen LogP contribution < -0.4 is 27.0 Å². The first-order valence-corrected chi connectivity index (χ1v) is 11.1. The summed E-state index contributed by atoms with van der Waals surface area (Å²) in [5.41, 5.74) is 11.9. The number of fused-ring (bicyclic) bond motifs is 1. The number of aryl methyl sites for hydroxylation is 1. The zero-order valence-electron chi connectivity index (χ0n) is 19.1. The summed E-state index contributed by atoms with van der Waals surface area (Å²) in [5.74, 6) is 0.0621. The Labute approximate surface area is 192 Å². The molecule has 0 bridgehead atoms. The number of anilines is 2. The second-order valence-corrected chi connectivity index (χ2v) is 8.86. The molecular weight excluding hydrogens is 418 g/mol. The lowest BCUT2D eigenvalue weighted by Gasteiger charge is -2.36. The number of likely N-dealkylation sites (N-methyl/N-ethyl adjacent to an activating group) is 1. The van der Waals surface area contributed by atoms with Crippen molar-refractivity contribution in [3.63, 3.8) is 0 Å². The van der Waals surface area contributed by atoms with E-state index in [1.165, 1.54) is 11.3 Å². The number of hydrogen-bond donors (Lipinski definition) is 4. The molecular formula is C24H29N7O2. The van der Waals surface area contributed by atoms with E-state index in [0.717, 1.165) is 43.0 Å². The van der Waals surface area contributed by atoms with E-state index in [9.17, 15) is 4.79 Å². The number of aliphatic imine (C=N–C) groups is 1. The smallest absolute Gasteiger partial charge is 0.408 e. The van der Waals surface area contributed by atoms with Crippen molar-refractivity contribution in [1.82, 2.24) is 15.2 Å². The number of aromatic nitrogens is 1. The van der Waals surface area contributed by atoms with E-state index in [1.807, 2.05) is 19.1 Å². The SMILES string of the molecule is CC1=CN=C(Nc2ccc(N3CCN(C)CC3)c(C)c2)NC1(N)c1ccc2oc(=O)[nH]c2c1. The van der Waals surface area contributed by atoms with Crippen LogP contribution in [0.5, 0.6) is 0 Å². The van der Waals surface area contributed by atoms with E-state index in [1.54, 1.807) is 12.3 Å². The van der Waals surface area contributed by atoms with Crippen LogP contribution in [-0.2, 0) is 5.66 Å². The van der Waals surface area contributed by atoms with Gasteiger partial charge in [-0.2, -0.15) is 0 Å². The maximum absolute atomic E-state index is 11.5. The summed E-state index contributed by atoms with van der Waals surface area (Å²) in [6.07, 6.45) is 1.76. The van der Waals surface area contributed by atoms with Gasteiger partial charge in [0.15, 0.2) is 5.58 Å². The number of oxazole rings is 1. The second-order valence-electron chi connectivity index (χ2n) is 8.86. The Kier molecular flexibility index (Phi) is 5.22. The van der Waals surface area contributed by atoms with Crippen LogP contribution >= 0.6 is 0 Å². The summed E-state index contributed by atoms with van der Waals surface area (Å²) in [6.45, 7) is 8.26. The first-order valence-electron chi connectivity index (χ1n) is 11.1. The molecule has 2 aromatic carbocycles. The molecule has 0 radical (unpaired) electrons. The number of guanidine groups is 1. The van der Waals surface area contributed by atoms with Gasteiger partial charge in [-0.1, -0.05) is 6.07 Å². The number of nitrogens with zero attached hydrogens (tertiary/aromatic N) is 3. The van der Waals surface area contributed by atoms with Crippen molar-refractivity contribution in [3.05, 3.63) is 69.8 Å². The minimum absolute atomic E-state index is 0.489. The van der Waals surface area contributed by atoms with Gasteiger partial charge in [0.2, 0.25) is 5.96 Å². The highest BCUT2D eigenvalue weighted by Gasteiger charge is 2.33. The maximum atomic E-state index is 11.5. The average molecular weight is 448 g/mol. The molecule has 1 fully saturated rings. The van der Waals surface area contributed by atoms with Crippen LogP contribution in [0.4, 0.5) is 11.4 Å². The van der Waals surface area contributed by atoms with Crippen molar-refractivity contribution < 1.29 is 4.42 Å². The summed E-state index contributed by atoms with van der Waals surface area (Å²) in [7, 11) is 2.16. The molecule has 1 aromatic heterocycles.